The normalized spacial score (nSPS) is 16.4. The average Bonchev–Trinajstić information content (AvgIpc) is 3.14. The number of anilines is 1. The van der Waals surface area contributed by atoms with Gasteiger partial charge in [0.1, 0.15) is 0 Å². The quantitative estimate of drug-likeness (QED) is 0.507. The van der Waals surface area contributed by atoms with Gasteiger partial charge in [-0.25, -0.2) is 0 Å². The highest BCUT2D eigenvalue weighted by Gasteiger charge is 2.32. The van der Waals surface area contributed by atoms with E-state index in [9.17, 15) is 4.79 Å². The second-order valence-corrected chi connectivity index (χ2v) is 8.01. The number of H-pyrrole nitrogens is 1. The van der Waals surface area contributed by atoms with E-state index >= 15 is 0 Å². The van der Waals surface area contributed by atoms with Gasteiger partial charge in [-0.2, -0.15) is 0 Å². The Morgan fingerprint density at radius 3 is 2.53 bits per heavy atom. The molecule has 30 heavy (non-hydrogen) atoms. The Hall–Kier alpha value is -3.37. The molecule has 1 aliphatic rings. The molecule has 1 amide bonds. The number of rotatable bonds is 4. The Balaban J connectivity index is 1.46. The molecule has 2 heterocycles. The van der Waals surface area contributed by atoms with E-state index in [2.05, 4.69) is 63.7 Å². The number of nitrogens with zero attached hydrogens (tertiary/aromatic N) is 1. The van der Waals surface area contributed by atoms with Crippen LogP contribution >= 0.6 is 0 Å². The SMILES string of the molecule is Cc1ccc(NC(=O)CN2CCc3c([nH]c4ccccc34)C2c2ccccc2)cc1. The largest absolute Gasteiger partial charge is 0.357 e. The van der Waals surface area contributed by atoms with Crippen LogP contribution < -0.4 is 5.32 Å². The Kier molecular flexibility index (Phi) is 4.85. The zero-order valence-corrected chi connectivity index (χ0v) is 17.1. The molecule has 2 N–H and O–H groups in total. The number of nitrogens with one attached hydrogen (secondary N) is 2. The first-order chi connectivity index (χ1) is 14.7. The molecule has 1 aliphatic heterocycles. The molecule has 5 rings (SSSR count). The topological polar surface area (TPSA) is 48.1 Å². The van der Waals surface area contributed by atoms with Gasteiger partial charge in [-0.15, -0.1) is 0 Å². The summed E-state index contributed by atoms with van der Waals surface area (Å²) in [4.78, 5) is 18.8. The van der Waals surface area contributed by atoms with Crippen molar-refractivity contribution in [1.82, 2.24) is 9.88 Å². The number of hydrogen-bond acceptors (Lipinski definition) is 2. The highest BCUT2D eigenvalue weighted by Crippen LogP contribution is 2.38. The van der Waals surface area contributed by atoms with Crippen molar-refractivity contribution >= 4 is 22.5 Å². The number of hydrogen-bond donors (Lipinski definition) is 2. The molecule has 0 fully saturated rings. The first kappa shape index (κ1) is 18.6. The molecular weight excluding hydrogens is 370 g/mol. The maximum Gasteiger partial charge on any atom is 0.238 e. The second-order valence-electron chi connectivity index (χ2n) is 8.01. The van der Waals surface area contributed by atoms with Crippen molar-refractivity contribution in [3.05, 3.63) is 101 Å². The number of fused-ring (bicyclic) bond motifs is 3. The standard InChI is InChI=1S/C26H25N3O/c1-18-11-13-20(14-12-18)27-24(30)17-29-16-15-22-21-9-5-6-10-23(21)28-25(22)26(29)19-7-3-2-4-8-19/h2-14,26,28H,15-17H2,1H3,(H,27,30). The third-order valence-corrected chi connectivity index (χ3v) is 5.93. The summed E-state index contributed by atoms with van der Waals surface area (Å²) >= 11 is 0. The minimum absolute atomic E-state index is 0.0133. The lowest BCUT2D eigenvalue weighted by molar-refractivity contribution is -0.117. The van der Waals surface area contributed by atoms with Crippen LogP contribution in [0.2, 0.25) is 0 Å². The molecule has 1 unspecified atom stereocenters. The number of carbonyl (C=O) groups is 1. The van der Waals surface area contributed by atoms with Gasteiger partial charge < -0.3 is 10.3 Å². The lowest BCUT2D eigenvalue weighted by Crippen LogP contribution is -2.41. The van der Waals surface area contributed by atoms with Crippen LogP contribution in [0.4, 0.5) is 5.69 Å². The lowest BCUT2D eigenvalue weighted by Gasteiger charge is -2.35. The molecule has 1 aromatic heterocycles. The molecule has 0 saturated heterocycles. The third kappa shape index (κ3) is 3.51. The van der Waals surface area contributed by atoms with E-state index in [1.54, 1.807) is 0 Å². The van der Waals surface area contributed by atoms with E-state index in [1.807, 2.05) is 37.3 Å². The minimum Gasteiger partial charge on any atom is -0.357 e. The van der Waals surface area contributed by atoms with Crippen LogP contribution in [-0.2, 0) is 11.2 Å². The number of benzene rings is 3. The van der Waals surface area contributed by atoms with Crippen molar-refractivity contribution in [2.45, 2.75) is 19.4 Å². The minimum atomic E-state index is 0.0133. The summed E-state index contributed by atoms with van der Waals surface area (Å²) in [6, 6.07) is 26.9. The summed E-state index contributed by atoms with van der Waals surface area (Å²) in [7, 11) is 0. The maximum absolute atomic E-state index is 12.9. The van der Waals surface area contributed by atoms with Crippen molar-refractivity contribution in [3.8, 4) is 0 Å². The lowest BCUT2D eigenvalue weighted by atomic mass is 9.92. The maximum atomic E-state index is 12.9. The smallest absolute Gasteiger partial charge is 0.238 e. The van der Waals surface area contributed by atoms with Crippen LogP contribution in [0.5, 0.6) is 0 Å². The van der Waals surface area contributed by atoms with Crippen LogP contribution in [-0.4, -0.2) is 28.9 Å². The highest BCUT2D eigenvalue weighted by atomic mass is 16.2. The number of aromatic amines is 1. The molecule has 4 aromatic rings. The van der Waals surface area contributed by atoms with Crippen LogP contribution in [0.15, 0.2) is 78.9 Å². The van der Waals surface area contributed by atoms with Gasteiger partial charge in [0, 0.05) is 28.8 Å². The molecule has 0 radical (unpaired) electrons. The Labute approximate surface area is 176 Å². The Bertz CT molecular complexity index is 1180. The predicted octanol–water partition coefficient (Wildman–Crippen LogP) is 5.06. The molecule has 4 nitrogen and oxygen atoms in total. The highest BCUT2D eigenvalue weighted by molar-refractivity contribution is 5.92. The van der Waals surface area contributed by atoms with Crippen molar-refractivity contribution in [3.63, 3.8) is 0 Å². The van der Waals surface area contributed by atoms with E-state index in [4.69, 9.17) is 0 Å². The molecule has 0 saturated carbocycles. The van der Waals surface area contributed by atoms with Gasteiger partial charge in [-0.3, -0.25) is 9.69 Å². The molecule has 1 atom stereocenters. The zero-order valence-electron chi connectivity index (χ0n) is 17.1. The molecule has 0 spiro atoms. The second kappa shape index (κ2) is 7.81. The van der Waals surface area contributed by atoms with Crippen molar-refractivity contribution in [1.29, 1.82) is 0 Å². The monoisotopic (exact) mass is 395 g/mol. The molecule has 150 valence electrons. The number of para-hydroxylation sites is 1. The van der Waals surface area contributed by atoms with E-state index < -0.39 is 0 Å². The van der Waals surface area contributed by atoms with Gasteiger partial charge in [0.05, 0.1) is 12.6 Å². The molecule has 4 heteroatoms. The van der Waals surface area contributed by atoms with Gasteiger partial charge in [0.2, 0.25) is 5.91 Å². The first-order valence-electron chi connectivity index (χ1n) is 10.4. The van der Waals surface area contributed by atoms with Crippen LogP contribution in [0, 0.1) is 6.92 Å². The van der Waals surface area contributed by atoms with Crippen molar-refractivity contribution < 1.29 is 4.79 Å². The molecule has 0 aliphatic carbocycles. The summed E-state index contributed by atoms with van der Waals surface area (Å²) in [5, 5.41) is 4.34. The zero-order chi connectivity index (χ0) is 20.5. The first-order valence-corrected chi connectivity index (χ1v) is 10.4. The number of carbonyl (C=O) groups excluding carboxylic acids is 1. The molecule has 3 aromatic carbocycles. The van der Waals surface area contributed by atoms with E-state index in [0.717, 1.165) is 24.2 Å². The van der Waals surface area contributed by atoms with Gasteiger partial charge in [0.25, 0.3) is 0 Å². The fourth-order valence-corrected chi connectivity index (χ4v) is 4.50. The summed E-state index contributed by atoms with van der Waals surface area (Å²) in [5.41, 5.74) is 6.96. The van der Waals surface area contributed by atoms with Crippen molar-refractivity contribution in [2.24, 2.45) is 0 Å². The van der Waals surface area contributed by atoms with Gasteiger partial charge in [0.15, 0.2) is 0 Å². The fourth-order valence-electron chi connectivity index (χ4n) is 4.50. The van der Waals surface area contributed by atoms with E-state index in [1.165, 1.54) is 27.8 Å². The van der Waals surface area contributed by atoms with E-state index in [0.29, 0.717) is 6.54 Å². The van der Waals surface area contributed by atoms with Crippen LogP contribution in [0.1, 0.15) is 28.4 Å². The fraction of sp³-hybridized carbons (Fsp3) is 0.192. The Morgan fingerprint density at radius 2 is 1.73 bits per heavy atom. The summed E-state index contributed by atoms with van der Waals surface area (Å²) in [6.07, 6.45) is 0.931. The molecule has 0 bridgehead atoms. The van der Waals surface area contributed by atoms with Gasteiger partial charge >= 0.3 is 0 Å². The van der Waals surface area contributed by atoms with Crippen LogP contribution in [0.25, 0.3) is 10.9 Å². The summed E-state index contributed by atoms with van der Waals surface area (Å²) in [5.74, 6) is 0.0133. The predicted molar refractivity (Wildman–Crippen MR) is 122 cm³/mol. The number of aryl methyl sites for hydroxylation is 1. The molecular formula is C26H25N3O. The summed E-state index contributed by atoms with van der Waals surface area (Å²) in [6.45, 7) is 3.24. The number of amides is 1. The van der Waals surface area contributed by atoms with Crippen LogP contribution in [0.3, 0.4) is 0 Å². The van der Waals surface area contributed by atoms with Gasteiger partial charge in [-0.1, -0.05) is 66.2 Å². The van der Waals surface area contributed by atoms with Crippen molar-refractivity contribution in [2.75, 3.05) is 18.4 Å². The Morgan fingerprint density at radius 1 is 1.00 bits per heavy atom. The third-order valence-electron chi connectivity index (χ3n) is 5.93. The average molecular weight is 396 g/mol. The summed E-state index contributed by atoms with van der Waals surface area (Å²) < 4.78 is 0. The van der Waals surface area contributed by atoms with Gasteiger partial charge in [-0.05, 0) is 42.7 Å². The van der Waals surface area contributed by atoms with E-state index in [-0.39, 0.29) is 11.9 Å². The number of aromatic nitrogens is 1.